The second kappa shape index (κ2) is 9.67. The maximum Gasteiger partial charge on any atom is 0.243 e. The Labute approximate surface area is 170 Å². The Morgan fingerprint density at radius 2 is 1.96 bits per heavy atom. The van der Waals surface area contributed by atoms with Crippen molar-refractivity contribution in [1.29, 1.82) is 0 Å². The van der Waals surface area contributed by atoms with Crippen molar-refractivity contribution < 1.29 is 13.2 Å². The van der Waals surface area contributed by atoms with Gasteiger partial charge in [-0.25, -0.2) is 8.42 Å². The Hall–Kier alpha value is -0.990. The molecule has 6 nitrogen and oxygen atoms in total. The molecule has 0 atom stereocenters. The summed E-state index contributed by atoms with van der Waals surface area (Å²) in [7, 11) is -3.42. The van der Waals surface area contributed by atoms with Crippen LogP contribution in [0.3, 0.4) is 0 Å². The summed E-state index contributed by atoms with van der Waals surface area (Å²) in [6.45, 7) is 11.9. The average Bonchev–Trinajstić information content (AvgIpc) is 2.68. The first kappa shape index (κ1) is 21.7. The van der Waals surface area contributed by atoms with Crippen LogP contribution in [0.15, 0.2) is 29.2 Å². The highest BCUT2D eigenvalue weighted by molar-refractivity contribution is 7.89. The first-order chi connectivity index (χ1) is 13.4. The van der Waals surface area contributed by atoms with Crippen LogP contribution in [0, 0.1) is 5.41 Å². The lowest BCUT2D eigenvalue weighted by atomic mass is 9.85. The van der Waals surface area contributed by atoms with Crippen LogP contribution >= 0.6 is 0 Å². The molecule has 0 spiro atoms. The van der Waals surface area contributed by atoms with E-state index < -0.39 is 10.0 Å². The van der Waals surface area contributed by atoms with Gasteiger partial charge in [0, 0.05) is 32.7 Å². The van der Waals surface area contributed by atoms with Crippen LogP contribution in [0.5, 0.6) is 0 Å². The first-order valence-electron chi connectivity index (χ1n) is 10.5. The van der Waals surface area contributed by atoms with E-state index in [0.29, 0.717) is 24.5 Å². The fraction of sp³-hybridized carbons (Fsp3) is 0.714. The predicted molar refractivity (Wildman–Crippen MR) is 112 cm³/mol. The molecule has 1 aromatic rings. The van der Waals surface area contributed by atoms with Crippen molar-refractivity contribution in [2.75, 3.05) is 52.5 Å². The Morgan fingerprint density at radius 3 is 2.71 bits per heavy atom. The lowest BCUT2D eigenvalue weighted by Crippen LogP contribution is -2.43. The van der Waals surface area contributed by atoms with E-state index in [-0.39, 0.29) is 5.41 Å². The van der Waals surface area contributed by atoms with Crippen molar-refractivity contribution >= 4 is 10.0 Å². The third kappa shape index (κ3) is 6.00. The van der Waals surface area contributed by atoms with Gasteiger partial charge in [-0.15, -0.1) is 0 Å². The molecule has 28 heavy (non-hydrogen) atoms. The van der Waals surface area contributed by atoms with Crippen molar-refractivity contribution in [3.63, 3.8) is 0 Å². The molecule has 2 heterocycles. The molecule has 0 unspecified atom stereocenters. The van der Waals surface area contributed by atoms with Gasteiger partial charge < -0.3 is 10.1 Å². The van der Waals surface area contributed by atoms with Gasteiger partial charge in [0.1, 0.15) is 0 Å². The molecular weight excluding hydrogens is 374 g/mol. The summed E-state index contributed by atoms with van der Waals surface area (Å²) in [5.41, 5.74) is 1.06. The van der Waals surface area contributed by atoms with E-state index in [2.05, 4.69) is 24.1 Å². The molecule has 158 valence electrons. The van der Waals surface area contributed by atoms with Crippen molar-refractivity contribution in [2.45, 2.75) is 44.6 Å². The molecule has 0 bridgehead atoms. The van der Waals surface area contributed by atoms with Gasteiger partial charge in [0.05, 0.1) is 18.1 Å². The van der Waals surface area contributed by atoms with E-state index in [0.717, 1.165) is 64.2 Å². The highest BCUT2D eigenvalue weighted by atomic mass is 32.2. The van der Waals surface area contributed by atoms with E-state index in [1.807, 2.05) is 18.2 Å². The number of ether oxygens (including phenoxy) is 1. The summed E-state index contributed by atoms with van der Waals surface area (Å²) >= 11 is 0. The Bertz CT molecular complexity index is 730. The summed E-state index contributed by atoms with van der Waals surface area (Å²) in [5, 5.41) is 3.45. The van der Waals surface area contributed by atoms with Gasteiger partial charge in [-0.3, -0.25) is 4.90 Å². The monoisotopic (exact) mass is 409 g/mol. The number of rotatable bonds is 8. The Balaban J connectivity index is 1.50. The maximum atomic E-state index is 13.1. The largest absolute Gasteiger partial charge is 0.379 e. The highest BCUT2D eigenvalue weighted by Crippen LogP contribution is 2.31. The summed E-state index contributed by atoms with van der Waals surface area (Å²) in [4.78, 5) is 2.84. The number of piperidine rings is 1. The van der Waals surface area contributed by atoms with Crippen molar-refractivity contribution in [2.24, 2.45) is 5.41 Å². The number of nitrogens with zero attached hydrogens (tertiary/aromatic N) is 2. The topological polar surface area (TPSA) is 61.9 Å². The maximum absolute atomic E-state index is 13.1. The van der Waals surface area contributed by atoms with E-state index in [4.69, 9.17) is 4.74 Å². The molecule has 0 aromatic heterocycles. The third-order valence-electron chi connectivity index (χ3n) is 5.66. The number of benzene rings is 1. The molecule has 1 N–H and O–H groups in total. The van der Waals surface area contributed by atoms with Gasteiger partial charge in [-0.2, -0.15) is 4.31 Å². The van der Waals surface area contributed by atoms with Gasteiger partial charge >= 0.3 is 0 Å². The minimum atomic E-state index is -3.42. The van der Waals surface area contributed by atoms with Gasteiger partial charge in [0.15, 0.2) is 0 Å². The van der Waals surface area contributed by atoms with Gasteiger partial charge in [0.25, 0.3) is 0 Å². The molecule has 7 heteroatoms. The molecule has 0 aliphatic carbocycles. The standard InChI is InChI=1S/C21H35N3O3S/c1-21(2)8-4-11-24(18-21)28(25,26)20-7-3-6-19(16-20)17-22-9-5-10-23-12-14-27-15-13-23/h3,6-7,16,22H,4-5,8-15,17-18H2,1-2H3. The van der Waals surface area contributed by atoms with E-state index >= 15 is 0 Å². The SMILES string of the molecule is CC1(C)CCCN(S(=O)(=O)c2cccc(CNCCCN3CCOCC3)c2)C1. The number of nitrogens with one attached hydrogen (secondary N) is 1. The second-order valence-electron chi connectivity index (χ2n) is 8.74. The van der Waals surface area contributed by atoms with Crippen LogP contribution in [-0.4, -0.2) is 70.1 Å². The molecule has 1 aromatic carbocycles. The normalized spacial score (nSPS) is 21.6. The lowest BCUT2D eigenvalue weighted by molar-refractivity contribution is 0.0374. The minimum absolute atomic E-state index is 0.0466. The van der Waals surface area contributed by atoms with E-state index in [9.17, 15) is 8.42 Å². The van der Waals surface area contributed by atoms with Crippen LogP contribution < -0.4 is 5.32 Å². The Kier molecular flexibility index (Phi) is 7.50. The van der Waals surface area contributed by atoms with Gasteiger partial charge in [0.2, 0.25) is 10.0 Å². The Morgan fingerprint density at radius 1 is 1.18 bits per heavy atom. The summed E-state index contributed by atoms with van der Waals surface area (Å²) in [6.07, 6.45) is 3.09. The molecule has 0 saturated carbocycles. The predicted octanol–water partition coefficient (Wildman–Crippen LogP) is 2.31. The zero-order valence-corrected chi connectivity index (χ0v) is 18.1. The van der Waals surface area contributed by atoms with Crippen LogP contribution in [0.2, 0.25) is 0 Å². The number of hydrogen-bond donors (Lipinski definition) is 1. The second-order valence-corrected chi connectivity index (χ2v) is 10.7. The zero-order chi connectivity index (χ0) is 20.0. The van der Waals surface area contributed by atoms with Gasteiger partial charge in [-0.1, -0.05) is 26.0 Å². The van der Waals surface area contributed by atoms with Crippen LogP contribution in [0.1, 0.15) is 38.7 Å². The molecule has 0 radical (unpaired) electrons. The minimum Gasteiger partial charge on any atom is -0.379 e. The zero-order valence-electron chi connectivity index (χ0n) is 17.3. The average molecular weight is 410 g/mol. The van der Waals surface area contributed by atoms with Crippen molar-refractivity contribution in [1.82, 2.24) is 14.5 Å². The first-order valence-corrected chi connectivity index (χ1v) is 11.9. The number of morpholine rings is 1. The fourth-order valence-electron chi connectivity index (χ4n) is 4.02. The van der Waals surface area contributed by atoms with Crippen LogP contribution in [0.25, 0.3) is 0 Å². The van der Waals surface area contributed by atoms with Gasteiger partial charge in [-0.05, 0) is 55.5 Å². The molecule has 0 amide bonds. The van der Waals surface area contributed by atoms with Crippen LogP contribution in [0.4, 0.5) is 0 Å². The molecular formula is C21H35N3O3S. The smallest absolute Gasteiger partial charge is 0.243 e. The van der Waals surface area contributed by atoms with E-state index in [1.54, 1.807) is 10.4 Å². The van der Waals surface area contributed by atoms with E-state index in [1.165, 1.54) is 0 Å². The van der Waals surface area contributed by atoms with Crippen LogP contribution in [-0.2, 0) is 21.3 Å². The quantitative estimate of drug-likeness (QED) is 0.668. The molecule has 2 aliphatic rings. The lowest BCUT2D eigenvalue weighted by Gasteiger charge is -2.37. The number of sulfonamides is 1. The molecule has 2 saturated heterocycles. The molecule has 2 fully saturated rings. The van der Waals surface area contributed by atoms with Crippen molar-refractivity contribution in [3.05, 3.63) is 29.8 Å². The molecule has 3 rings (SSSR count). The third-order valence-corrected chi connectivity index (χ3v) is 7.50. The summed E-state index contributed by atoms with van der Waals surface area (Å²) < 4.78 is 33.2. The molecule has 2 aliphatic heterocycles. The highest BCUT2D eigenvalue weighted by Gasteiger charge is 2.34. The van der Waals surface area contributed by atoms with Crippen molar-refractivity contribution in [3.8, 4) is 0 Å². The fourth-order valence-corrected chi connectivity index (χ4v) is 5.76. The summed E-state index contributed by atoms with van der Waals surface area (Å²) in [6, 6.07) is 7.39. The number of hydrogen-bond acceptors (Lipinski definition) is 5. The summed E-state index contributed by atoms with van der Waals surface area (Å²) in [5.74, 6) is 0.